The predicted octanol–water partition coefficient (Wildman–Crippen LogP) is 1.52. The molecule has 2 aromatic rings. The molecule has 2 heterocycles. The molecule has 0 spiro atoms. The number of nitrogens with zero attached hydrogens (tertiary/aromatic N) is 2. The first-order valence-electron chi connectivity index (χ1n) is 7.26. The minimum atomic E-state index is -0.139. The van der Waals surface area contributed by atoms with Crippen molar-refractivity contribution in [3.05, 3.63) is 46.1 Å². The molecule has 0 radical (unpaired) electrons. The van der Waals surface area contributed by atoms with Crippen LogP contribution >= 0.6 is 12.4 Å². The molecule has 1 aromatic heterocycles. The topological polar surface area (TPSA) is 71.9 Å². The maximum absolute atomic E-state index is 12.0. The lowest BCUT2D eigenvalue weighted by atomic mass is 9.97. The molecule has 1 saturated heterocycles. The lowest BCUT2D eigenvalue weighted by Crippen LogP contribution is -2.29. The van der Waals surface area contributed by atoms with Gasteiger partial charge in [-0.05, 0) is 43.6 Å². The van der Waals surface area contributed by atoms with Crippen molar-refractivity contribution in [3.8, 4) is 5.75 Å². The summed E-state index contributed by atoms with van der Waals surface area (Å²) in [6, 6.07) is 7.77. The summed E-state index contributed by atoms with van der Waals surface area (Å²) in [6.45, 7) is 2.50. The minimum absolute atomic E-state index is 0. The Kier molecular flexibility index (Phi) is 5.63. The summed E-state index contributed by atoms with van der Waals surface area (Å²) in [7, 11) is 1.64. The number of halogens is 1. The SMILES string of the molecule is COc1ccc(Cn2c(C3CCNCC3)n[nH]c2=O)cc1.Cl. The molecular formula is C15H21ClN4O2. The molecule has 1 fully saturated rings. The lowest BCUT2D eigenvalue weighted by molar-refractivity contribution is 0.414. The second kappa shape index (κ2) is 7.47. The molecule has 2 N–H and O–H groups in total. The molecule has 7 heteroatoms. The van der Waals surface area contributed by atoms with Crippen LogP contribution in [0, 0.1) is 0 Å². The Morgan fingerprint density at radius 1 is 1.27 bits per heavy atom. The van der Waals surface area contributed by atoms with E-state index in [-0.39, 0.29) is 18.1 Å². The summed E-state index contributed by atoms with van der Waals surface area (Å²) in [5.74, 6) is 2.04. The van der Waals surface area contributed by atoms with Crippen LogP contribution in [0.15, 0.2) is 29.1 Å². The minimum Gasteiger partial charge on any atom is -0.497 e. The van der Waals surface area contributed by atoms with E-state index in [1.54, 1.807) is 11.7 Å². The Balaban J connectivity index is 0.00000176. The number of piperidine rings is 1. The zero-order valence-corrected chi connectivity index (χ0v) is 13.4. The van der Waals surface area contributed by atoms with E-state index in [1.165, 1.54) is 0 Å². The molecule has 1 aliphatic rings. The Morgan fingerprint density at radius 3 is 2.59 bits per heavy atom. The van der Waals surface area contributed by atoms with Crippen LogP contribution in [0.25, 0.3) is 0 Å². The molecule has 6 nitrogen and oxygen atoms in total. The normalized spacial score (nSPS) is 15.3. The molecule has 22 heavy (non-hydrogen) atoms. The number of ether oxygens (including phenoxy) is 1. The number of methoxy groups -OCH3 is 1. The van der Waals surface area contributed by atoms with Crippen LogP contribution in [0.1, 0.15) is 30.1 Å². The summed E-state index contributed by atoms with van der Waals surface area (Å²) in [5, 5.41) is 10.2. The Bertz CT molecular complexity index is 644. The van der Waals surface area contributed by atoms with Crippen LogP contribution in [0.2, 0.25) is 0 Å². The summed E-state index contributed by atoms with van der Waals surface area (Å²) in [5.41, 5.74) is 0.925. The van der Waals surface area contributed by atoms with Gasteiger partial charge >= 0.3 is 5.69 Å². The second-order valence-corrected chi connectivity index (χ2v) is 5.35. The van der Waals surface area contributed by atoms with Crippen molar-refractivity contribution < 1.29 is 4.74 Å². The third-order valence-electron chi connectivity index (χ3n) is 3.99. The molecule has 120 valence electrons. The van der Waals surface area contributed by atoms with Crippen LogP contribution in [-0.2, 0) is 6.54 Å². The van der Waals surface area contributed by atoms with Gasteiger partial charge in [0.25, 0.3) is 0 Å². The average molecular weight is 325 g/mol. The highest BCUT2D eigenvalue weighted by Crippen LogP contribution is 2.23. The second-order valence-electron chi connectivity index (χ2n) is 5.35. The first kappa shape index (κ1) is 16.6. The number of benzene rings is 1. The van der Waals surface area contributed by atoms with E-state index in [9.17, 15) is 4.79 Å². The number of hydrogen-bond acceptors (Lipinski definition) is 4. The van der Waals surface area contributed by atoms with Crippen LogP contribution in [0.3, 0.4) is 0 Å². The molecule has 0 atom stereocenters. The molecule has 3 rings (SSSR count). The van der Waals surface area contributed by atoms with E-state index >= 15 is 0 Å². The fraction of sp³-hybridized carbons (Fsp3) is 0.467. The number of H-pyrrole nitrogens is 1. The Labute approximate surface area is 135 Å². The van der Waals surface area contributed by atoms with Crippen molar-refractivity contribution in [3.63, 3.8) is 0 Å². The molecule has 1 aromatic carbocycles. The molecule has 0 unspecified atom stereocenters. The maximum Gasteiger partial charge on any atom is 0.343 e. The first-order valence-corrected chi connectivity index (χ1v) is 7.26. The highest BCUT2D eigenvalue weighted by molar-refractivity contribution is 5.85. The van der Waals surface area contributed by atoms with Gasteiger partial charge in [0.15, 0.2) is 0 Å². The summed E-state index contributed by atoms with van der Waals surface area (Å²) in [6.07, 6.45) is 2.04. The Morgan fingerprint density at radius 2 is 1.95 bits per heavy atom. The highest BCUT2D eigenvalue weighted by atomic mass is 35.5. The van der Waals surface area contributed by atoms with Gasteiger partial charge in [0.1, 0.15) is 11.6 Å². The third kappa shape index (κ3) is 3.51. The fourth-order valence-corrected chi connectivity index (χ4v) is 2.79. The summed E-state index contributed by atoms with van der Waals surface area (Å²) in [4.78, 5) is 12.0. The largest absolute Gasteiger partial charge is 0.497 e. The van der Waals surface area contributed by atoms with E-state index in [4.69, 9.17) is 4.74 Å². The van der Waals surface area contributed by atoms with Gasteiger partial charge < -0.3 is 10.1 Å². The van der Waals surface area contributed by atoms with Crippen molar-refractivity contribution in [1.29, 1.82) is 0 Å². The quantitative estimate of drug-likeness (QED) is 0.894. The molecular weight excluding hydrogens is 304 g/mol. The van der Waals surface area contributed by atoms with Gasteiger partial charge in [0.2, 0.25) is 0 Å². The van der Waals surface area contributed by atoms with Gasteiger partial charge in [-0.3, -0.25) is 4.57 Å². The fourth-order valence-electron chi connectivity index (χ4n) is 2.79. The van der Waals surface area contributed by atoms with E-state index in [0.717, 1.165) is 43.1 Å². The first-order chi connectivity index (χ1) is 10.3. The molecule has 0 saturated carbocycles. The predicted molar refractivity (Wildman–Crippen MR) is 87.0 cm³/mol. The molecule has 0 aliphatic carbocycles. The number of rotatable bonds is 4. The number of nitrogens with one attached hydrogen (secondary N) is 2. The Hall–Kier alpha value is -1.79. The van der Waals surface area contributed by atoms with Crippen molar-refractivity contribution in [2.24, 2.45) is 0 Å². The lowest BCUT2D eigenvalue weighted by Gasteiger charge is -2.22. The van der Waals surface area contributed by atoms with Crippen molar-refractivity contribution in [1.82, 2.24) is 20.1 Å². The number of hydrogen-bond donors (Lipinski definition) is 2. The standard InChI is InChI=1S/C15H20N4O2.ClH/c1-21-13-4-2-11(3-5-13)10-19-14(17-18-15(19)20)12-6-8-16-9-7-12;/h2-5,12,16H,6-10H2,1H3,(H,18,20);1H. The zero-order chi connectivity index (χ0) is 14.7. The van der Waals surface area contributed by atoms with E-state index in [1.807, 2.05) is 24.3 Å². The van der Waals surface area contributed by atoms with Crippen LogP contribution in [0.5, 0.6) is 5.75 Å². The van der Waals surface area contributed by atoms with Crippen molar-refractivity contribution in [2.75, 3.05) is 20.2 Å². The zero-order valence-electron chi connectivity index (χ0n) is 12.5. The monoisotopic (exact) mass is 324 g/mol. The third-order valence-corrected chi connectivity index (χ3v) is 3.99. The summed E-state index contributed by atoms with van der Waals surface area (Å²) < 4.78 is 6.90. The van der Waals surface area contributed by atoms with E-state index in [0.29, 0.717) is 12.5 Å². The van der Waals surface area contributed by atoms with Gasteiger partial charge in [-0.2, -0.15) is 5.10 Å². The molecule has 1 aliphatic heterocycles. The van der Waals surface area contributed by atoms with Crippen molar-refractivity contribution in [2.45, 2.75) is 25.3 Å². The van der Waals surface area contributed by atoms with Gasteiger partial charge in [0, 0.05) is 5.92 Å². The molecule has 0 bridgehead atoms. The van der Waals surface area contributed by atoms with Gasteiger partial charge in [0.05, 0.1) is 13.7 Å². The molecule has 0 amide bonds. The van der Waals surface area contributed by atoms with Crippen molar-refractivity contribution >= 4 is 12.4 Å². The maximum atomic E-state index is 12.0. The smallest absolute Gasteiger partial charge is 0.343 e. The van der Waals surface area contributed by atoms with Crippen LogP contribution in [0.4, 0.5) is 0 Å². The van der Waals surface area contributed by atoms with Gasteiger partial charge in [-0.25, -0.2) is 9.89 Å². The highest BCUT2D eigenvalue weighted by Gasteiger charge is 2.21. The number of aromatic nitrogens is 3. The van der Waals surface area contributed by atoms with E-state index in [2.05, 4.69) is 15.5 Å². The van der Waals surface area contributed by atoms with E-state index < -0.39 is 0 Å². The average Bonchev–Trinajstić information content (AvgIpc) is 2.90. The van der Waals surface area contributed by atoms with Gasteiger partial charge in [-0.15, -0.1) is 12.4 Å². The van der Waals surface area contributed by atoms with Crippen LogP contribution < -0.4 is 15.7 Å². The van der Waals surface area contributed by atoms with Gasteiger partial charge in [-0.1, -0.05) is 12.1 Å². The van der Waals surface area contributed by atoms with Crippen LogP contribution in [-0.4, -0.2) is 35.0 Å². The summed E-state index contributed by atoms with van der Waals surface area (Å²) >= 11 is 0. The number of aromatic amines is 1.